The molecule has 76 valence electrons. The number of amides is 1. The number of hydrogen-bond donors (Lipinski definition) is 1. The third kappa shape index (κ3) is 1.29. The molecule has 0 aromatic carbocycles. The standard InChI is InChI=1S/C9H14N4O/c1-12-5-8-7(11-12)4-3-6(10)9(14)13(8)2/h5-6H,3-4,10H2,1-2H3. The molecule has 0 fully saturated rings. The van der Waals surface area contributed by atoms with Gasteiger partial charge in [0.05, 0.1) is 17.4 Å². The molecular weight excluding hydrogens is 180 g/mol. The van der Waals surface area contributed by atoms with E-state index in [2.05, 4.69) is 5.10 Å². The van der Waals surface area contributed by atoms with Crippen molar-refractivity contribution >= 4 is 11.6 Å². The normalized spacial score (nSPS) is 22.1. The molecule has 14 heavy (non-hydrogen) atoms. The van der Waals surface area contributed by atoms with Gasteiger partial charge in [0.2, 0.25) is 5.91 Å². The van der Waals surface area contributed by atoms with Crippen LogP contribution < -0.4 is 10.6 Å². The van der Waals surface area contributed by atoms with E-state index in [9.17, 15) is 4.79 Å². The molecule has 1 amide bonds. The van der Waals surface area contributed by atoms with E-state index < -0.39 is 0 Å². The Balaban J connectivity index is 2.43. The Bertz CT molecular complexity index is 371. The van der Waals surface area contributed by atoms with Crippen LogP contribution in [-0.2, 0) is 18.3 Å². The second-order valence-electron chi connectivity index (χ2n) is 3.68. The van der Waals surface area contributed by atoms with E-state index in [0.717, 1.165) is 17.8 Å². The van der Waals surface area contributed by atoms with E-state index in [1.807, 2.05) is 13.2 Å². The molecule has 1 aliphatic rings. The first-order valence-corrected chi connectivity index (χ1v) is 4.65. The molecule has 0 saturated heterocycles. The maximum absolute atomic E-state index is 11.7. The average Bonchev–Trinajstić information content (AvgIpc) is 2.49. The number of aromatic nitrogens is 2. The van der Waals surface area contributed by atoms with Crippen molar-refractivity contribution in [2.24, 2.45) is 12.8 Å². The van der Waals surface area contributed by atoms with Crippen molar-refractivity contribution in [1.29, 1.82) is 0 Å². The quantitative estimate of drug-likeness (QED) is 0.614. The highest BCUT2D eigenvalue weighted by Crippen LogP contribution is 2.23. The monoisotopic (exact) mass is 194 g/mol. The summed E-state index contributed by atoms with van der Waals surface area (Å²) in [6.07, 6.45) is 3.30. The van der Waals surface area contributed by atoms with Gasteiger partial charge in [0.25, 0.3) is 0 Å². The van der Waals surface area contributed by atoms with Crippen LogP contribution in [0.15, 0.2) is 6.20 Å². The maximum Gasteiger partial charge on any atom is 0.243 e. The second-order valence-corrected chi connectivity index (χ2v) is 3.68. The van der Waals surface area contributed by atoms with E-state index in [-0.39, 0.29) is 11.9 Å². The lowest BCUT2D eigenvalue weighted by atomic mass is 10.1. The van der Waals surface area contributed by atoms with Gasteiger partial charge in [-0.25, -0.2) is 0 Å². The number of nitrogens with zero attached hydrogens (tertiary/aromatic N) is 3. The van der Waals surface area contributed by atoms with Crippen LogP contribution in [0.3, 0.4) is 0 Å². The van der Waals surface area contributed by atoms with Crippen LogP contribution in [0.1, 0.15) is 12.1 Å². The van der Waals surface area contributed by atoms with Crippen LogP contribution in [0.5, 0.6) is 0 Å². The lowest BCUT2D eigenvalue weighted by molar-refractivity contribution is -0.119. The summed E-state index contributed by atoms with van der Waals surface area (Å²) in [7, 11) is 3.60. The molecule has 0 aliphatic carbocycles. The molecule has 1 aromatic rings. The zero-order valence-corrected chi connectivity index (χ0v) is 8.40. The Hall–Kier alpha value is -1.36. The Morgan fingerprint density at radius 1 is 1.57 bits per heavy atom. The van der Waals surface area contributed by atoms with E-state index in [4.69, 9.17) is 5.73 Å². The maximum atomic E-state index is 11.7. The summed E-state index contributed by atoms with van der Waals surface area (Å²) in [6.45, 7) is 0. The zero-order chi connectivity index (χ0) is 10.3. The van der Waals surface area contributed by atoms with Crippen LogP contribution in [0.4, 0.5) is 5.69 Å². The molecule has 0 saturated carbocycles. The highest BCUT2D eigenvalue weighted by Gasteiger charge is 2.26. The van der Waals surface area contributed by atoms with Crippen molar-refractivity contribution in [3.05, 3.63) is 11.9 Å². The number of rotatable bonds is 0. The number of hydrogen-bond acceptors (Lipinski definition) is 3. The van der Waals surface area contributed by atoms with Crippen LogP contribution in [-0.4, -0.2) is 28.8 Å². The van der Waals surface area contributed by atoms with Gasteiger partial charge in [0.15, 0.2) is 0 Å². The highest BCUT2D eigenvalue weighted by molar-refractivity contribution is 5.97. The Morgan fingerprint density at radius 2 is 2.29 bits per heavy atom. The number of fused-ring (bicyclic) bond motifs is 1. The van der Waals surface area contributed by atoms with Gasteiger partial charge in [-0.15, -0.1) is 0 Å². The molecule has 1 unspecified atom stereocenters. The van der Waals surface area contributed by atoms with Crippen molar-refractivity contribution in [2.45, 2.75) is 18.9 Å². The first kappa shape index (κ1) is 9.21. The number of carbonyl (C=O) groups is 1. The Labute approximate surface area is 82.5 Å². The van der Waals surface area contributed by atoms with Crippen molar-refractivity contribution in [3.63, 3.8) is 0 Å². The summed E-state index contributed by atoms with van der Waals surface area (Å²) < 4.78 is 1.73. The molecule has 2 rings (SSSR count). The zero-order valence-electron chi connectivity index (χ0n) is 8.40. The van der Waals surface area contributed by atoms with Gasteiger partial charge in [-0.3, -0.25) is 9.48 Å². The summed E-state index contributed by atoms with van der Waals surface area (Å²) in [5.41, 5.74) is 7.55. The van der Waals surface area contributed by atoms with Crippen molar-refractivity contribution in [2.75, 3.05) is 11.9 Å². The third-order valence-electron chi connectivity index (χ3n) is 2.58. The predicted octanol–water partition coefficient (Wildman–Crippen LogP) is -0.344. The van der Waals surface area contributed by atoms with Gasteiger partial charge in [0, 0.05) is 20.3 Å². The molecule has 0 bridgehead atoms. The SMILES string of the molecule is CN1C(=O)C(N)CCc2nn(C)cc21. The van der Waals surface area contributed by atoms with E-state index in [1.165, 1.54) is 0 Å². The van der Waals surface area contributed by atoms with Gasteiger partial charge >= 0.3 is 0 Å². The summed E-state index contributed by atoms with van der Waals surface area (Å²) in [6, 6.07) is -0.389. The fourth-order valence-corrected chi connectivity index (χ4v) is 1.76. The van der Waals surface area contributed by atoms with Gasteiger partial charge in [-0.2, -0.15) is 5.10 Å². The molecule has 0 radical (unpaired) electrons. The minimum Gasteiger partial charge on any atom is -0.320 e. The van der Waals surface area contributed by atoms with Crippen molar-refractivity contribution in [1.82, 2.24) is 9.78 Å². The first-order valence-electron chi connectivity index (χ1n) is 4.65. The summed E-state index contributed by atoms with van der Waals surface area (Å²) >= 11 is 0. The fraction of sp³-hybridized carbons (Fsp3) is 0.556. The van der Waals surface area contributed by atoms with Crippen LogP contribution in [0, 0.1) is 0 Å². The molecule has 1 aliphatic heterocycles. The van der Waals surface area contributed by atoms with Gasteiger partial charge in [-0.05, 0) is 12.8 Å². The topological polar surface area (TPSA) is 64.2 Å². The minimum absolute atomic E-state index is 0.0308. The van der Waals surface area contributed by atoms with Crippen LogP contribution >= 0.6 is 0 Å². The van der Waals surface area contributed by atoms with Crippen LogP contribution in [0.2, 0.25) is 0 Å². The number of anilines is 1. The highest BCUT2D eigenvalue weighted by atomic mass is 16.2. The van der Waals surface area contributed by atoms with Crippen molar-refractivity contribution < 1.29 is 4.79 Å². The van der Waals surface area contributed by atoms with Gasteiger partial charge in [-0.1, -0.05) is 0 Å². The molecule has 1 atom stereocenters. The minimum atomic E-state index is -0.389. The number of likely N-dealkylation sites (N-methyl/N-ethyl adjacent to an activating group) is 1. The Kier molecular flexibility index (Phi) is 2.03. The van der Waals surface area contributed by atoms with Crippen LogP contribution in [0.25, 0.3) is 0 Å². The Morgan fingerprint density at radius 3 is 3.00 bits per heavy atom. The van der Waals surface area contributed by atoms with E-state index in [1.54, 1.807) is 16.6 Å². The molecular formula is C9H14N4O. The summed E-state index contributed by atoms with van der Waals surface area (Å²) in [5, 5.41) is 4.30. The third-order valence-corrected chi connectivity index (χ3v) is 2.58. The average molecular weight is 194 g/mol. The molecule has 5 heteroatoms. The molecule has 2 heterocycles. The van der Waals surface area contributed by atoms with Crippen molar-refractivity contribution in [3.8, 4) is 0 Å². The summed E-state index contributed by atoms with van der Waals surface area (Å²) in [4.78, 5) is 13.3. The van der Waals surface area contributed by atoms with Gasteiger partial charge < -0.3 is 10.6 Å². The molecule has 2 N–H and O–H groups in total. The summed E-state index contributed by atoms with van der Waals surface area (Å²) in [5.74, 6) is -0.0308. The fourth-order valence-electron chi connectivity index (χ4n) is 1.76. The molecule has 1 aromatic heterocycles. The predicted molar refractivity (Wildman–Crippen MR) is 52.9 cm³/mol. The second kappa shape index (κ2) is 3.09. The number of carbonyl (C=O) groups excluding carboxylic acids is 1. The lowest BCUT2D eigenvalue weighted by Gasteiger charge is -2.16. The van der Waals surface area contributed by atoms with Gasteiger partial charge in [0.1, 0.15) is 0 Å². The van der Waals surface area contributed by atoms with E-state index in [0.29, 0.717) is 6.42 Å². The molecule has 5 nitrogen and oxygen atoms in total. The van der Waals surface area contributed by atoms with E-state index >= 15 is 0 Å². The largest absolute Gasteiger partial charge is 0.320 e. The number of nitrogens with two attached hydrogens (primary N) is 1. The molecule has 0 spiro atoms. The number of aryl methyl sites for hydroxylation is 2. The lowest BCUT2D eigenvalue weighted by Crippen LogP contribution is -2.40. The first-order chi connectivity index (χ1) is 6.59. The smallest absolute Gasteiger partial charge is 0.243 e.